The van der Waals surface area contributed by atoms with Crippen LogP contribution in [0.3, 0.4) is 0 Å². The second-order valence-electron chi connectivity index (χ2n) is 5.21. The van der Waals surface area contributed by atoms with E-state index in [4.69, 9.17) is 4.74 Å². The summed E-state index contributed by atoms with van der Waals surface area (Å²) in [5.41, 5.74) is 2.05. The Morgan fingerprint density at radius 3 is 2.57 bits per heavy atom. The second-order valence-corrected chi connectivity index (χ2v) is 5.21. The van der Waals surface area contributed by atoms with Crippen molar-refractivity contribution in [2.45, 2.75) is 26.8 Å². The van der Waals surface area contributed by atoms with Crippen LogP contribution < -0.4 is 0 Å². The number of hydrogen-bond donors (Lipinski definition) is 1. The quantitative estimate of drug-likeness (QED) is 0.866. The molecule has 4 heteroatoms. The predicted molar refractivity (Wildman–Crippen MR) is 82.5 cm³/mol. The summed E-state index contributed by atoms with van der Waals surface area (Å²) in [5, 5.41) is 10.00. The van der Waals surface area contributed by atoms with Crippen LogP contribution in [-0.4, -0.2) is 35.1 Å². The molecule has 1 aliphatic heterocycles. The first-order chi connectivity index (χ1) is 10.0. The Morgan fingerprint density at radius 1 is 1.33 bits per heavy atom. The molecule has 0 saturated heterocycles. The van der Waals surface area contributed by atoms with E-state index in [1.807, 2.05) is 51.1 Å². The number of carbonyl (C=O) groups excluding carboxylic acids is 1. The molecular weight excluding hydrogens is 266 g/mol. The number of hydrogen-bond acceptors (Lipinski definition) is 3. The fourth-order valence-electron chi connectivity index (χ4n) is 2.29. The first-order valence-corrected chi connectivity index (χ1v) is 7.17. The Kier molecular flexibility index (Phi) is 4.68. The van der Waals surface area contributed by atoms with Gasteiger partial charge in [0.25, 0.3) is 11.9 Å². The largest absolute Gasteiger partial charge is 0.481 e. The maximum absolute atomic E-state index is 12.6. The van der Waals surface area contributed by atoms with Gasteiger partial charge in [0.05, 0.1) is 18.7 Å². The van der Waals surface area contributed by atoms with Gasteiger partial charge in [0.2, 0.25) is 0 Å². The van der Waals surface area contributed by atoms with Crippen molar-refractivity contribution in [2.24, 2.45) is 0 Å². The van der Waals surface area contributed by atoms with Gasteiger partial charge < -0.3 is 14.7 Å². The molecule has 0 radical (unpaired) electrons. The van der Waals surface area contributed by atoms with Crippen LogP contribution in [0, 0.1) is 0 Å². The summed E-state index contributed by atoms with van der Waals surface area (Å²) in [6.45, 7) is 6.48. The Bertz CT molecular complexity index is 573. The van der Waals surface area contributed by atoms with E-state index >= 15 is 0 Å². The molecule has 2 rings (SSSR count). The van der Waals surface area contributed by atoms with E-state index in [0.717, 1.165) is 5.56 Å². The van der Waals surface area contributed by atoms with Crippen LogP contribution in [0.1, 0.15) is 26.3 Å². The molecule has 0 spiro atoms. The van der Waals surface area contributed by atoms with E-state index in [0.29, 0.717) is 24.3 Å². The molecule has 0 atom stereocenters. The Labute approximate surface area is 125 Å². The van der Waals surface area contributed by atoms with Crippen LogP contribution in [0.25, 0.3) is 5.57 Å². The van der Waals surface area contributed by atoms with Crippen LogP contribution in [0.5, 0.6) is 0 Å². The van der Waals surface area contributed by atoms with Gasteiger partial charge in [-0.05, 0) is 32.4 Å². The van der Waals surface area contributed by atoms with E-state index in [1.54, 1.807) is 11.0 Å². The van der Waals surface area contributed by atoms with Crippen molar-refractivity contribution < 1.29 is 14.6 Å². The molecule has 0 bridgehead atoms. The highest BCUT2D eigenvalue weighted by molar-refractivity contribution is 6.21. The lowest BCUT2D eigenvalue weighted by atomic mass is 9.97. The predicted octanol–water partition coefficient (Wildman–Crippen LogP) is 3.13. The minimum Gasteiger partial charge on any atom is -0.481 e. The molecule has 1 aliphatic rings. The number of carbonyl (C=O) groups is 1. The maximum Gasteiger partial charge on any atom is 0.281 e. The van der Waals surface area contributed by atoms with Crippen molar-refractivity contribution in [3.05, 3.63) is 53.5 Å². The third-order valence-corrected chi connectivity index (χ3v) is 3.41. The number of aliphatic hydroxyl groups excluding tert-OH is 1. The van der Waals surface area contributed by atoms with Gasteiger partial charge in [-0.3, -0.25) is 4.79 Å². The highest BCUT2D eigenvalue weighted by Crippen LogP contribution is 2.27. The Balaban J connectivity index is 2.49. The van der Waals surface area contributed by atoms with Gasteiger partial charge in [-0.2, -0.15) is 0 Å². The van der Waals surface area contributed by atoms with Crippen LogP contribution in [-0.2, 0) is 9.53 Å². The van der Waals surface area contributed by atoms with Crippen molar-refractivity contribution in [1.82, 2.24) is 4.90 Å². The number of aliphatic hydroxyl groups is 1. The van der Waals surface area contributed by atoms with E-state index < -0.39 is 0 Å². The second kappa shape index (κ2) is 6.48. The highest BCUT2D eigenvalue weighted by Gasteiger charge is 2.29. The summed E-state index contributed by atoms with van der Waals surface area (Å²) >= 11 is 0. The maximum atomic E-state index is 12.6. The van der Waals surface area contributed by atoms with Crippen LogP contribution in [0.4, 0.5) is 0 Å². The van der Waals surface area contributed by atoms with Crippen LogP contribution in [0.15, 0.2) is 47.9 Å². The molecule has 1 heterocycles. The summed E-state index contributed by atoms with van der Waals surface area (Å²) < 4.78 is 5.18. The van der Waals surface area contributed by atoms with Crippen LogP contribution >= 0.6 is 0 Å². The van der Waals surface area contributed by atoms with Gasteiger partial charge in [-0.1, -0.05) is 30.3 Å². The lowest BCUT2D eigenvalue weighted by molar-refractivity contribution is -0.126. The van der Waals surface area contributed by atoms with Gasteiger partial charge >= 0.3 is 0 Å². The zero-order valence-electron chi connectivity index (χ0n) is 12.7. The van der Waals surface area contributed by atoms with Crippen molar-refractivity contribution in [3.63, 3.8) is 0 Å². The molecule has 0 aliphatic carbocycles. The lowest BCUT2D eigenvalue weighted by Crippen LogP contribution is -2.41. The molecule has 0 unspecified atom stereocenters. The zero-order chi connectivity index (χ0) is 15.4. The Morgan fingerprint density at radius 2 is 2.00 bits per heavy atom. The summed E-state index contributed by atoms with van der Waals surface area (Å²) in [6, 6.07) is 9.53. The number of rotatable bonds is 4. The zero-order valence-corrected chi connectivity index (χ0v) is 12.7. The van der Waals surface area contributed by atoms with Gasteiger partial charge in [-0.25, -0.2) is 0 Å². The van der Waals surface area contributed by atoms with Crippen molar-refractivity contribution in [3.8, 4) is 0 Å². The van der Waals surface area contributed by atoms with E-state index in [1.165, 1.54) is 0 Å². The molecule has 112 valence electrons. The number of nitrogens with zero attached hydrogens (tertiary/aromatic N) is 1. The minimum atomic E-state index is -0.107. The van der Waals surface area contributed by atoms with E-state index in [2.05, 4.69) is 0 Å². The average Bonchev–Trinajstić information content (AvgIpc) is 2.48. The molecule has 0 saturated carbocycles. The molecule has 1 amide bonds. The molecule has 1 aromatic carbocycles. The van der Waals surface area contributed by atoms with E-state index in [-0.39, 0.29) is 17.9 Å². The summed E-state index contributed by atoms with van der Waals surface area (Å²) in [7, 11) is 0. The van der Waals surface area contributed by atoms with Gasteiger partial charge in [0, 0.05) is 11.6 Å². The lowest BCUT2D eigenvalue weighted by Gasteiger charge is -2.32. The summed E-state index contributed by atoms with van der Waals surface area (Å²) in [6.07, 6.45) is 1.72. The Hall–Kier alpha value is -2.23. The minimum absolute atomic E-state index is 0.0238. The monoisotopic (exact) mass is 287 g/mol. The van der Waals surface area contributed by atoms with Gasteiger partial charge in [-0.15, -0.1) is 0 Å². The standard InChI is InChI=1S/C17H21NO3/c1-4-21-17(20)14-10-15(13-8-6-5-7-9-13)16(19)18(11-14)12(2)3/h5-10,12,20H,4,11H2,1-3H3. The van der Waals surface area contributed by atoms with Crippen molar-refractivity contribution in [2.75, 3.05) is 13.2 Å². The van der Waals surface area contributed by atoms with Crippen molar-refractivity contribution in [1.29, 1.82) is 0 Å². The number of amides is 1. The molecular formula is C17H21NO3. The normalized spacial score (nSPS) is 17.8. The highest BCUT2D eigenvalue weighted by atomic mass is 16.6. The number of ether oxygens (including phenoxy) is 1. The SMILES string of the molecule is CCOC(O)=C1C=C(c2ccccc2)C(=O)N(C(C)C)C1. The van der Waals surface area contributed by atoms with Gasteiger partial charge in [0.15, 0.2) is 0 Å². The number of benzene rings is 1. The fraction of sp³-hybridized carbons (Fsp3) is 0.353. The van der Waals surface area contributed by atoms with Gasteiger partial charge in [0.1, 0.15) is 0 Å². The topological polar surface area (TPSA) is 49.8 Å². The third-order valence-electron chi connectivity index (χ3n) is 3.41. The first kappa shape index (κ1) is 15.2. The van der Waals surface area contributed by atoms with E-state index in [9.17, 15) is 9.90 Å². The molecule has 0 fully saturated rings. The van der Waals surface area contributed by atoms with Crippen molar-refractivity contribution >= 4 is 11.5 Å². The average molecular weight is 287 g/mol. The summed E-state index contributed by atoms with van der Waals surface area (Å²) in [5.74, 6) is -0.131. The molecule has 0 aromatic heterocycles. The first-order valence-electron chi connectivity index (χ1n) is 7.17. The molecule has 4 nitrogen and oxygen atoms in total. The molecule has 21 heavy (non-hydrogen) atoms. The third kappa shape index (κ3) is 3.27. The fourth-order valence-corrected chi connectivity index (χ4v) is 2.29. The van der Waals surface area contributed by atoms with Crippen LogP contribution in [0.2, 0.25) is 0 Å². The molecule has 1 N–H and O–H groups in total. The smallest absolute Gasteiger partial charge is 0.281 e. The summed E-state index contributed by atoms with van der Waals surface area (Å²) in [4.78, 5) is 14.3. The molecule has 1 aromatic rings.